The van der Waals surface area contributed by atoms with Crippen molar-refractivity contribution in [3.63, 3.8) is 0 Å². The maximum Gasteiger partial charge on any atom is 0.430 e. The Kier molecular flexibility index (Phi) is 9.55. The van der Waals surface area contributed by atoms with E-state index in [9.17, 15) is 41.0 Å². The number of aliphatic hydroxyl groups is 1. The summed E-state index contributed by atoms with van der Waals surface area (Å²) in [5.74, 6) is 0.157. The van der Waals surface area contributed by atoms with Crippen LogP contribution in [0.1, 0.15) is 50.8 Å². The van der Waals surface area contributed by atoms with Gasteiger partial charge in [-0.3, -0.25) is 9.69 Å². The summed E-state index contributed by atoms with van der Waals surface area (Å²) < 4.78 is 91.0. The molecular weight excluding hydrogens is 570 g/mol. The Balaban J connectivity index is 1.68. The van der Waals surface area contributed by atoms with Crippen LogP contribution in [-0.2, 0) is 22.4 Å². The molecule has 2 N–H and O–H groups in total. The largest absolute Gasteiger partial charge is 0.491 e. The van der Waals surface area contributed by atoms with E-state index < -0.39 is 41.0 Å². The normalized spacial score (nSPS) is 18.2. The molecule has 1 saturated heterocycles. The number of nitrogens with zero attached hydrogens (tertiary/aromatic N) is 1. The molecule has 3 amide bonds. The number of imide groups is 1. The number of rotatable bonds is 11. The van der Waals surface area contributed by atoms with Crippen molar-refractivity contribution in [3.05, 3.63) is 71.3 Å². The highest BCUT2D eigenvalue weighted by molar-refractivity contribution is 6.07. The number of hydrogen-bond acceptors (Lipinski definition) is 5. The zero-order chi connectivity index (χ0) is 31.5. The van der Waals surface area contributed by atoms with Gasteiger partial charge in [0.1, 0.15) is 23.6 Å². The minimum absolute atomic E-state index is 0.0319. The van der Waals surface area contributed by atoms with Crippen LogP contribution < -0.4 is 14.8 Å². The molecule has 7 nitrogen and oxygen atoms in total. The number of hydrogen-bond donors (Lipinski definition) is 2. The number of amides is 3. The fraction of sp³-hybridized carbons (Fsp3) is 0.448. The molecule has 13 heteroatoms. The molecule has 1 aliphatic rings. The molecule has 0 spiro atoms. The lowest BCUT2D eigenvalue weighted by molar-refractivity contribution is -0.376. The average Bonchev–Trinajstić information content (AvgIpc) is 3.11. The van der Waals surface area contributed by atoms with E-state index in [4.69, 9.17) is 9.47 Å². The molecule has 0 saturated carbocycles. The van der Waals surface area contributed by atoms with E-state index in [0.29, 0.717) is 29.9 Å². The van der Waals surface area contributed by atoms with Crippen LogP contribution in [0, 0.1) is 0 Å². The van der Waals surface area contributed by atoms with Gasteiger partial charge in [-0.25, -0.2) is 4.79 Å². The van der Waals surface area contributed by atoms with Gasteiger partial charge in [-0.05, 0) is 68.7 Å². The first kappa shape index (κ1) is 32.8. The van der Waals surface area contributed by atoms with Gasteiger partial charge in [-0.1, -0.05) is 37.6 Å². The van der Waals surface area contributed by atoms with Gasteiger partial charge in [-0.15, -0.1) is 0 Å². The smallest absolute Gasteiger partial charge is 0.430 e. The average molecular weight is 603 g/mol. The summed E-state index contributed by atoms with van der Waals surface area (Å²) in [4.78, 5) is 26.7. The maximum absolute atomic E-state index is 13.3. The zero-order valence-corrected chi connectivity index (χ0v) is 23.4. The first-order valence-electron chi connectivity index (χ1n) is 13.1. The highest BCUT2D eigenvalue weighted by Gasteiger charge is 2.71. The Morgan fingerprint density at radius 1 is 1.00 bits per heavy atom. The van der Waals surface area contributed by atoms with E-state index in [0.717, 1.165) is 11.0 Å². The lowest BCUT2D eigenvalue weighted by atomic mass is 9.90. The van der Waals surface area contributed by atoms with Gasteiger partial charge in [0.15, 0.2) is 0 Å². The maximum atomic E-state index is 13.3. The molecule has 2 aromatic rings. The van der Waals surface area contributed by atoms with E-state index in [-0.39, 0.29) is 37.0 Å². The molecule has 0 bridgehead atoms. The first-order chi connectivity index (χ1) is 19.5. The number of aryl methyl sites for hydroxylation is 1. The van der Waals surface area contributed by atoms with Gasteiger partial charge in [0.2, 0.25) is 0 Å². The highest BCUT2D eigenvalue weighted by Crippen LogP contribution is 2.50. The number of halogens is 6. The summed E-state index contributed by atoms with van der Waals surface area (Å²) in [5, 5.41) is 12.4. The van der Waals surface area contributed by atoms with Crippen LogP contribution in [0.2, 0.25) is 0 Å². The predicted molar refractivity (Wildman–Crippen MR) is 141 cm³/mol. The quantitative estimate of drug-likeness (QED) is 0.183. The second-order valence-electron chi connectivity index (χ2n) is 10.2. The second-order valence-corrected chi connectivity index (χ2v) is 10.2. The molecule has 2 aromatic carbocycles. The van der Waals surface area contributed by atoms with Gasteiger partial charge in [0, 0.05) is 12.1 Å². The third-order valence-electron chi connectivity index (χ3n) is 6.69. The highest BCUT2D eigenvalue weighted by atomic mass is 19.4. The zero-order valence-electron chi connectivity index (χ0n) is 23.4. The number of ether oxygens (including phenoxy) is 2. The van der Waals surface area contributed by atoms with Gasteiger partial charge in [-0.2, -0.15) is 26.3 Å². The van der Waals surface area contributed by atoms with E-state index in [1.54, 1.807) is 38.1 Å². The van der Waals surface area contributed by atoms with Gasteiger partial charge < -0.3 is 19.9 Å². The Labute approximate surface area is 239 Å². The molecule has 42 heavy (non-hydrogen) atoms. The molecule has 3 rings (SSSR count). The number of carbonyl (C=O) groups excluding carboxylic acids is 2. The summed E-state index contributed by atoms with van der Waals surface area (Å²) in [6, 6.07) is 8.26. The van der Waals surface area contributed by atoms with Crippen LogP contribution in [0.15, 0.2) is 54.6 Å². The summed E-state index contributed by atoms with van der Waals surface area (Å²) in [5.41, 5.74) is -7.10. The number of nitrogens with one attached hydrogen (secondary N) is 1. The third kappa shape index (κ3) is 6.50. The molecule has 1 heterocycles. The van der Waals surface area contributed by atoms with Crippen LogP contribution in [0.3, 0.4) is 0 Å². The van der Waals surface area contributed by atoms with Crippen LogP contribution in [0.25, 0.3) is 0 Å². The van der Waals surface area contributed by atoms with Crippen molar-refractivity contribution in [1.82, 2.24) is 10.2 Å². The molecule has 1 atom stereocenters. The van der Waals surface area contributed by atoms with Crippen LogP contribution in [0.4, 0.5) is 31.1 Å². The first-order valence-corrected chi connectivity index (χ1v) is 13.1. The monoisotopic (exact) mass is 602 g/mol. The number of alkyl halides is 6. The molecule has 230 valence electrons. The van der Waals surface area contributed by atoms with Gasteiger partial charge in [0.05, 0.1) is 6.10 Å². The second kappa shape index (κ2) is 12.2. The molecule has 0 aliphatic carbocycles. The Bertz CT molecular complexity index is 1290. The fourth-order valence-electron chi connectivity index (χ4n) is 4.48. The van der Waals surface area contributed by atoms with Crippen LogP contribution >= 0.6 is 0 Å². The van der Waals surface area contributed by atoms with Crippen molar-refractivity contribution >= 4 is 11.9 Å². The van der Waals surface area contributed by atoms with Gasteiger partial charge in [0.25, 0.3) is 11.5 Å². The van der Waals surface area contributed by atoms with Crippen LogP contribution in [-0.4, -0.2) is 53.6 Å². The van der Waals surface area contributed by atoms with Crippen LogP contribution in [0.5, 0.6) is 11.5 Å². The molecule has 1 aliphatic heterocycles. The van der Waals surface area contributed by atoms with Gasteiger partial charge >= 0.3 is 18.4 Å². The fourth-order valence-corrected chi connectivity index (χ4v) is 4.48. The van der Waals surface area contributed by atoms with E-state index >= 15 is 0 Å². The summed E-state index contributed by atoms with van der Waals surface area (Å²) in [6.07, 6.45) is -8.63. The summed E-state index contributed by atoms with van der Waals surface area (Å²) in [6.45, 7) is 6.75. The van der Waals surface area contributed by atoms with E-state index in [2.05, 4.69) is 5.32 Å². The molecule has 1 unspecified atom stereocenters. The Hall–Kier alpha value is -3.74. The Morgan fingerprint density at radius 3 is 2.17 bits per heavy atom. The SMILES string of the molecule is CCCc1cc(C(O)(C(F)(F)F)C(F)(F)F)ccc1OC/C=C/CN1C(=O)NC(C)(c2ccc(OC(C)C)cc2)C1=O. The van der Waals surface area contributed by atoms with Crippen molar-refractivity contribution in [3.8, 4) is 11.5 Å². The van der Waals surface area contributed by atoms with Crippen molar-refractivity contribution in [2.75, 3.05) is 13.2 Å². The molecule has 1 fully saturated rings. The number of benzene rings is 2. The van der Waals surface area contributed by atoms with Crippen molar-refractivity contribution < 1.29 is 50.5 Å². The van der Waals surface area contributed by atoms with E-state index in [1.165, 1.54) is 12.2 Å². The minimum Gasteiger partial charge on any atom is -0.491 e. The van der Waals surface area contributed by atoms with E-state index in [1.807, 2.05) is 13.8 Å². The minimum atomic E-state index is -6.00. The van der Waals surface area contributed by atoms with Crippen molar-refractivity contribution in [2.24, 2.45) is 0 Å². The lowest BCUT2D eigenvalue weighted by Crippen LogP contribution is -2.53. The topological polar surface area (TPSA) is 88.1 Å². The number of carbonyl (C=O) groups is 2. The summed E-state index contributed by atoms with van der Waals surface area (Å²) >= 11 is 0. The lowest BCUT2D eigenvalue weighted by Gasteiger charge is -2.33. The standard InChI is InChI=1S/C29H32F6N2O5/c1-5-8-19-17-21(27(40,28(30,31)32)29(33,34)35)11-14-23(19)41-16-7-6-15-37-24(38)26(4,36-25(37)39)20-9-12-22(13-10-20)42-18(2)3/h6-7,9-14,17-18,40H,5,8,15-16H2,1-4H3,(H,36,39)/b7-6+. The third-order valence-corrected chi connectivity index (χ3v) is 6.69. The summed E-state index contributed by atoms with van der Waals surface area (Å²) in [7, 11) is 0. The molecule has 0 aromatic heterocycles. The molecular formula is C29H32F6N2O5. The predicted octanol–water partition coefficient (Wildman–Crippen LogP) is 6.14. The Morgan fingerprint density at radius 2 is 1.62 bits per heavy atom. The van der Waals surface area contributed by atoms with Crippen molar-refractivity contribution in [2.45, 2.75) is 70.1 Å². The molecule has 0 radical (unpaired) electrons. The van der Waals surface area contributed by atoms with Crippen molar-refractivity contribution in [1.29, 1.82) is 0 Å². The number of urea groups is 1.